The van der Waals surface area contributed by atoms with Gasteiger partial charge >= 0.3 is 0 Å². The van der Waals surface area contributed by atoms with Crippen molar-refractivity contribution in [3.8, 4) is 22.6 Å². The number of rotatable bonds is 11. The van der Waals surface area contributed by atoms with E-state index in [2.05, 4.69) is 41.3 Å². The number of nitrogens with zero attached hydrogens (tertiary/aromatic N) is 3. The second kappa shape index (κ2) is 12.4. The molecule has 1 heterocycles. The Morgan fingerprint density at radius 3 is 2.25 bits per heavy atom. The topological polar surface area (TPSA) is 69.3 Å². The molecule has 0 aliphatic rings. The minimum Gasteiger partial charge on any atom is -0.379 e. The lowest BCUT2D eigenvalue weighted by Crippen LogP contribution is -2.23. The molecule has 0 amide bonds. The van der Waals surface area contributed by atoms with Crippen LogP contribution in [0.25, 0.3) is 16.5 Å². The van der Waals surface area contributed by atoms with Gasteiger partial charge in [0.1, 0.15) is 17.7 Å². The van der Waals surface area contributed by atoms with E-state index in [1.54, 1.807) is 17.4 Å². The maximum absolute atomic E-state index is 8.95. The summed E-state index contributed by atoms with van der Waals surface area (Å²) in [6.45, 7) is 5.21. The average Bonchev–Trinajstić information content (AvgIpc) is 3.31. The fourth-order valence-electron chi connectivity index (χ4n) is 3.16. The molecule has 0 N–H and O–H groups in total. The van der Waals surface area contributed by atoms with Crippen LogP contribution in [0.15, 0.2) is 72.3 Å². The van der Waals surface area contributed by atoms with Crippen molar-refractivity contribution in [2.45, 2.75) is 6.92 Å². The van der Waals surface area contributed by atoms with Gasteiger partial charge in [-0.1, -0.05) is 30.3 Å². The number of hydrogen-bond acceptors (Lipinski definition) is 6. The first kappa shape index (κ1) is 23.2. The molecule has 0 bridgehead atoms. The highest BCUT2D eigenvalue weighted by Gasteiger charge is 2.10. The molecule has 0 spiro atoms. The van der Waals surface area contributed by atoms with E-state index in [-0.39, 0.29) is 5.57 Å². The van der Waals surface area contributed by atoms with Gasteiger partial charge in [0, 0.05) is 34.3 Å². The molecule has 0 radical (unpaired) electrons. The van der Waals surface area contributed by atoms with Crippen molar-refractivity contribution in [2.24, 2.45) is 0 Å². The van der Waals surface area contributed by atoms with Crippen molar-refractivity contribution >= 4 is 28.8 Å². The van der Waals surface area contributed by atoms with Crippen molar-refractivity contribution < 1.29 is 9.47 Å². The maximum atomic E-state index is 8.95. The zero-order valence-electron chi connectivity index (χ0n) is 18.0. The van der Waals surface area contributed by atoms with E-state index < -0.39 is 0 Å². The van der Waals surface area contributed by atoms with E-state index in [0.29, 0.717) is 26.4 Å². The van der Waals surface area contributed by atoms with Crippen LogP contribution in [-0.4, -0.2) is 33.0 Å². The van der Waals surface area contributed by atoms with Crippen LogP contribution in [0.5, 0.6) is 0 Å². The standard InChI is InChI=1S/C26H25N3O2S/c1-2-30-16-17-31-15-14-29(23-6-4-3-5-7-23)24-10-8-22(9-11-24)26-13-12-25(32-26)18-21(19-27)20-28/h3-13,18H,2,14-17H2,1H3. The first-order valence-corrected chi connectivity index (χ1v) is 11.3. The monoisotopic (exact) mass is 443 g/mol. The van der Waals surface area contributed by atoms with Gasteiger partial charge in [0.2, 0.25) is 0 Å². The third-order valence-electron chi connectivity index (χ3n) is 4.72. The molecule has 162 valence electrons. The molecule has 5 nitrogen and oxygen atoms in total. The molecule has 3 aromatic rings. The summed E-state index contributed by atoms with van der Waals surface area (Å²) in [5.41, 5.74) is 3.39. The Balaban J connectivity index is 1.73. The highest BCUT2D eigenvalue weighted by Crippen LogP contribution is 2.32. The van der Waals surface area contributed by atoms with Crippen LogP contribution < -0.4 is 4.90 Å². The lowest BCUT2D eigenvalue weighted by molar-refractivity contribution is 0.0561. The van der Waals surface area contributed by atoms with Crippen molar-refractivity contribution in [3.63, 3.8) is 0 Å². The van der Waals surface area contributed by atoms with Gasteiger partial charge < -0.3 is 14.4 Å². The van der Waals surface area contributed by atoms with E-state index >= 15 is 0 Å². The molecule has 0 unspecified atom stereocenters. The Kier molecular flexibility index (Phi) is 9.04. The predicted molar refractivity (Wildman–Crippen MR) is 130 cm³/mol. The summed E-state index contributed by atoms with van der Waals surface area (Å²) in [5.74, 6) is 0. The summed E-state index contributed by atoms with van der Waals surface area (Å²) < 4.78 is 11.1. The summed E-state index contributed by atoms with van der Waals surface area (Å²) >= 11 is 1.55. The Morgan fingerprint density at radius 1 is 0.875 bits per heavy atom. The van der Waals surface area contributed by atoms with Crippen LogP contribution in [0.2, 0.25) is 0 Å². The molecule has 0 fully saturated rings. The summed E-state index contributed by atoms with van der Waals surface area (Å²) in [4.78, 5) is 4.21. The first-order chi connectivity index (χ1) is 15.7. The molecule has 6 heteroatoms. The van der Waals surface area contributed by atoms with Crippen molar-refractivity contribution in [1.82, 2.24) is 0 Å². The highest BCUT2D eigenvalue weighted by molar-refractivity contribution is 7.16. The van der Waals surface area contributed by atoms with Gasteiger partial charge in [-0.25, -0.2) is 0 Å². The van der Waals surface area contributed by atoms with Crippen LogP contribution in [0.3, 0.4) is 0 Å². The Hall–Kier alpha value is -3.42. The largest absolute Gasteiger partial charge is 0.379 e. The molecule has 32 heavy (non-hydrogen) atoms. The van der Waals surface area contributed by atoms with E-state index in [4.69, 9.17) is 20.0 Å². The lowest BCUT2D eigenvalue weighted by atomic mass is 10.1. The average molecular weight is 444 g/mol. The molecule has 0 aliphatic carbocycles. The predicted octanol–water partition coefficient (Wildman–Crippen LogP) is 6.04. The number of para-hydroxylation sites is 1. The first-order valence-electron chi connectivity index (χ1n) is 10.5. The molecular weight excluding hydrogens is 418 g/mol. The van der Waals surface area contributed by atoms with Gasteiger partial charge in [0.05, 0.1) is 19.8 Å². The van der Waals surface area contributed by atoms with Crippen LogP contribution in [0, 0.1) is 22.7 Å². The molecule has 2 aromatic carbocycles. The van der Waals surface area contributed by atoms with Gasteiger partial charge in [-0.05, 0) is 55.0 Å². The third-order valence-corrected chi connectivity index (χ3v) is 5.80. The van der Waals surface area contributed by atoms with Crippen LogP contribution in [0.4, 0.5) is 11.4 Å². The zero-order valence-corrected chi connectivity index (χ0v) is 18.8. The number of benzene rings is 2. The minimum absolute atomic E-state index is 0.107. The van der Waals surface area contributed by atoms with Gasteiger partial charge in [-0.3, -0.25) is 0 Å². The van der Waals surface area contributed by atoms with Crippen LogP contribution in [-0.2, 0) is 9.47 Å². The molecule has 1 aromatic heterocycles. The fourth-order valence-corrected chi connectivity index (χ4v) is 4.12. The number of hydrogen-bond donors (Lipinski definition) is 0. The SMILES string of the molecule is CCOCCOCCN(c1ccccc1)c1ccc(-c2ccc(C=C(C#N)C#N)s2)cc1. The second-order valence-corrected chi connectivity index (χ2v) is 7.94. The molecule has 0 saturated heterocycles. The quantitative estimate of drug-likeness (QED) is 0.267. The van der Waals surface area contributed by atoms with Gasteiger partial charge in [0.15, 0.2) is 0 Å². The van der Waals surface area contributed by atoms with Crippen molar-refractivity contribution in [3.05, 3.63) is 77.2 Å². The summed E-state index contributed by atoms with van der Waals surface area (Å²) in [6, 6.07) is 26.4. The zero-order chi connectivity index (χ0) is 22.6. The second-order valence-electron chi connectivity index (χ2n) is 6.83. The van der Waals surface area contributed by atoms with E-state index in [0.717, 1.165) is 33.2 Å². The lowest BCUT2D eigenvalue weighted by Gasteiger charge is -2.25. The highest BCUT2D eigenvalue weighted by atomic mass is 32.1. The Morgan fingerprint density at radius 2 is 1.56 bits per heavy atom. The molecule has 0 aliphatic heterocycles. The number of anilines is 2. The van der Waals surface area contributed by atoms with E-state index in [1.165, 1.54) is 0 Å². The van der Waals surface area contributed by atoms with Crippen LogP contribution >= 0.6 is 11.3 Å². The van der Waals surface area contributed by atoms with Gasteiger partial charge in [-0.15, -0.1) is 11.3 Å². The maximum Gasteiger partial charge on any atom is 0.131 e. The van der Waals surface area contributed by atoms with Gasteiger partial charge in [-0.2, -0.15) is 10.5 Å². The Labute approximate surface area is 193 Å². The number of ether oxygens (including phenoxy) is 2. The van der Waals surface area contributed by atoms with Crippen molar-refractivity contribution in [1.29, 1.82) is 10.5 Å². The molecule has 0 atom stereocenters. The molecule has 0 saturated carbocycles. The smallest absolute Gasteiger partial charge is 0.131 e. The third kappa shape index (κ3) is 6.54. The summed E-state index contributed by atoms with van der Waals surface area (Å²) in [5, 5.41) is 17.9. The van der Waals surface area contributed by atoms with Crippen LogP contribution in [0.1, 0.15) is 11.8 Å². The van der Waals surface area contributed by atoms with Gasteiger partial charge in [0.25, 0.3) is 0 Å². The normalized spacial score (nSPS) is 10.2. The number of allylic oxidation sites excluding steroid dienone is 1. The summed E-state index contributed by atoms with van der Waals surface area (Å²) in [7, 11) is 0. The van der Waals surface area contributed by atoms with E-state index in [1.807, 2.05) is 49.4 Å². The number of nitriles is 2. The minimum atomic E-state index is 0.107. The fraction of sp³-hybridized carbons (Fsp3) is 0.231. The molecule has 3 rings (SSSR count). The number of thiophene rings is 1. The molecular formula is C26H25N3O2S. The van der Waals surface area contributed by atoms with E-state index in [9.17, 15) is 0 Å². The Bertz CT molecular complexity index is 1080. The van der Waals surface area contributed by atoms with Crippen molar-refractivity contribution in [2.75, 3.05) is 37.9 Å². The summed E-state index contributed by atoms with van der Waals surface area (Å²) in [6.07, 6.45) is 1.62.